The van der Waals surface area contributed by atoms with Crippen molar-refractivity contribution in [3.63, 3.8) is 0 Å². The van der Waals surface area contributed by atoms with Crippen LogP contribution in [0.5, 0.6) is 0 Å². The average Bonchev–Trinajstić information content (AvgIpc) is 3.13. The SMILES string of the molecule is CC(NC(=O)C(N)CCC(=O)O)C(=O)NC(CO)C(=O)N1CCCC1C(=O)O. The summed E-state index contributed by atoms with van der Waals surface area (Å²) in [5.74, 6) is -4.51. The van der Waals surface area contributed by atoms with Crippen LogP contribution in [0.15, 0.2) is 0 Å². The highest BCUT2D eigenvalue weighted by Gasteiger charge is 2.37. The molecule has 0 aliphatic carbocycles. The van der Waals surface area contributed by atoms with E-state index in [-0.39, 0.29) is 25.8 Å². The minimum absolute atomic E-state index is 0.112. The van der Waals surface area contributed by atoms with Gasteiger partial charge in [0, 0.05) is 13.0 Å². The molecule has 1 saturated heterocycles. The maximum absolute atomic E-state index is 12.5. The highest BCUT2D eigenvalue weighted by atomic mass is 16.4. The summed E-state index contributed by atoms with van der Waals surface area (Å²) in [5.41, 5.74) is 5.55. The summed E-state index contributed by atoms with van der Waals surface area (Å²) in [6.45, 7) is 0.783. The summed E-state index contributed by atoms with van der Waals surface area (Å²) >= 11 is 0. The number of carbonyl (C=O) groups excluding carboxylic acids is 3. The molecule has 4 atom stereocenters. The summed E-state index contributed by atoms with van der Waals surface area (Å²) in [6.07, 6.45) is 0.360. The molecule has 1 rings (SSSR count). The third kappa shape index (κ3) is 6.46. The Bertz CT molecular complexity index is 626. The highest BCUT2D eigenvalue weighted by molar-refractivity contribution is 5.94. The van der Waals surface area contributed by atoms with E-state index < -0.39 is 60.4 Å². The molecule has 3 amide bonds. The molecular formula is C16H26N4O8. The zero-order chi connectivity index (χ0) is 21.4. The molecule has 12 nitrogen and oxygen atoms in total. The van der Waals surface area contributed by atoms with Gasteiger partial charge in [0.2, 0.25) is 17.7 Å². The van der Waals surface area contributed by atoms with E-state index in [9.17, 15) is 29.1 Å². The van der Waals surface area contributed by atoms with Crippen LogP contribution in [0.2, 0.25) is 0 Å². The number of aliphatic hydroxyl groups excluding tert-OH is 1. The van der Waals surface area contributed by atoms with E-state index in [0.29, 0.717) is 6.42 Å². The second kappa shape index (κ2) is 10.6. The first-order valence-corrected chi connectivity index (χ1v) is 8.80. The van der Waals surface area contributed by atoms with Crippen LogP contribution >= 0.6 is 0 Å². The van der Waals surface area contributed by atoms with Crippen LogP contribution in [0.3, 0.4) is 0 Å². The van der Waals surface area contributed by atoms with Gasteiger partial charge in [-0.25, -0.2) is 4.79 Å². The normalized spacial score (nSPS) is 19.4. The molecule has 0 saturated carbocycles. The second-order valence-corrected chi connectivity index (χ2v) is 6.54. The highest BCUT2D eigenvalue weighted by Crippen LogP contribution is 2.18. The summed E-state index contributed by atoms with van der Waals surface area (Å²) < 4.78 is 0. The van der Waals surface area contributed by atoms with Crippen molar-refractivity contribution in [1.82, 2.24) is 15.5 Å². The molecule has 28 heavy (non-hydrogen) atoms. The molecule has 0 aromatic rings. The Labute approximate surface area is 161 Å². The Balaban J connectivity index is 2.62. The van der Waals surface area contributed by atoms with Crippen molar-refractivity contribution < 1.29 is 39.3 Å². The van der Waals surface area contributed by atoms with Crippen molar-refractivity contribution in [2.45, 2.75) is 56.8 Å². The number of rotatable bonds is 10. The van der Waals surface area contributed by atoms with Crippen LogP contribution in [0.1, 0.15) is 32.6 Å². The monoisotopic (exact) mass is 402 g/mol. The fraction of sp³-hybridized carbons (Fsp3) is 0.688. The molecule has 1 heterocycles. The fourth-order valence-corrected chi connectivity index (χ4v) is 2.77. The van der Waals surface area contributed by atoms with Crippen LogP contribution in [0.25, 0.3) is 0 Å². The van der Waals surface area contributed by atoms with E-state index in [1.807, 2.05) is 0 Å². The van der Waals surface area contributed by atoms with Gasteiger partial charge in [0.05, 0.1) is 12.6 Å². The minimum Gasteiger partial charge on any atom is -0.481 e. The number of carboxylic acids is 2. The number of nitrogens with zero attached hydrogens (tertiary/aromatic N) is 1. The molecule has 1 fully saturated rings. The van der Waals surface area contributed by atoms with E-state index in [1.54, 1.807) is 0 Å². The summed E-state index contributed by atoms with van der Waals surface area (Å²) in [5, 5.41) is 31.7. The number of carboxylic acid groups (broad SMARTS) is 2. The lowest BCUT2D eigenvalue weighted by atomic mass is 10.1. The Hall–Kier alpha value is -2.73. The molecule has 1 aliphatic heterocycles. The molecule has 0 radical (unpaired) electrons. The average molecular weight is 402 g/mol. The fourth-order valence-electron chi connectivity index (χ4n) is 2.77. The van der Waals surface area contributed by atoms with Crippen molar-refractivity contribution in [3.05, 3.63) is 0 Å². The Morgan fingerprint density at radius 1 is 1.14 bits per heavy atom. The second-order valence-electron chi connectivity index (χ2n) is 6.54. The van der Waals surface area contributed by atoms with Crippen molar-refractivity contribution in [2.24, 2.45) is 5.73 Å². The smallest absolute Gasteiger partial charge is 0.326 e. The largest absolute Gasteiger partial charge is 0.481 e. The number of likely N-dealkylation sites (tertiary alicyclic amines) is 1. The van der Waals surface area contributed by atoms with Crippen LogP contribution in [0, 0.1) is 0 Å². The molecule has 4 unspecified atom stereocenters. The van der Waals surface area contributed by atoms with E-state index in [4.69, 9.17) is 15.9 Å². The molecular weight excluding hydrogens is 376 g/mol. The maximum atomic E-state index is 12.5. The molecule has 158 valence electrons. The van der Waals surface area contributed by atoms with Crippen molar-refractivity contribution in [1.29, 1.82) is 0 Å². The number of amides is 3. The van der Waals surface area contributed by atoms with Crippen LogP contribution in [-0.2, 0) is 24.0 Å². The van der Waals surface area contributed by atoms with E-state index >= 15 is 0 Å². The van der Waals surface area contributed by atoms with Gasteiger partial charge < -0.3 is 36.6 Å². The van der Waals surface area contributed by atoms with Crippen molar-refractivity contribution in [2.75, 3.05) is 13.2 Å². The summed E-state index contributed by atoms with van der Waals surface area (Å²) in [6, 6.07) is -4.60. The molecule has 12 heteroatoms. The third-order valence-electron chi connectivity index (χ3n) is 4.38. The number of aliphatic hydroxyl groups is 1. The maximum Gasteiger partial charge on any atom is 0.326 e. The van der Waals surface area contributed by atoms with Gasteiger partial charge in [-0.15, -0.1) is 0 Å². The number of aliphatic carboxylic acids is 2. The van der Waals surface area contributed by atoms with Gasteiger partial charge in [0.15, 0.2) is 0 Å². The number of hydrogen-bond donors (Lipinski definition) is 6. The summed E-state index contributed by atoms with van der Waals surface area (Å²) in [4.78, 5) is 59.3. The topological polar surface area (TPSA) is 199 Å². The quantitative estimate of drug-likeness (QED) is 0.224. The number of nitrogens with two attached hydrogens (primary N) is 1. The van der Waals surface area contributed by atoms with Gasteiger partial charge in [0.25, 0.3) is 0 Å². The van der Waals surface area contributed by atoms with Crippen LogP contribution < -0.4 is 16.4 Å². The first-order chi connectivity index (χ1) is 13.1. The van der Waals surface area contributed by atoms with Crippen LogP contribution in [-0.4, -0.2) is 87.2 Å². The zero-order valence-electron chi connectivity index (χ0n) is 15.5. The first-order valence-electron chi connectivity index (χ1n) is 8.80. The van der Waals surface area contributed by atoms with Gasteiger partial charge in [-0.05, 0) is 26.2 Å². The number of carbonyl (C=O) groups is 5. The van der Waals surface area contributed by atoms with Crippen molar-refractivity contribution in [3.8, 4) is 0 Å². The molecule has 0 aromatic heterocycles. The van der Waals surface area contributed by atoms with Crippen molar-refractivity contribution >= 4 is 29.7 Å². The zero-order valence-corrected chi connectivity index (χ0v) is 15.5. The van der Waals surface area contributed by atoms with E-state index in [0.717, 1.165) is 4.90 Å². The number of hydrogen-bond acceptors (Lipinski definition) is 7. The van der Waals surface area contributed by atoms with E-state index in [1.165, 1.54) is 6.92 Å². The Morgan fingerprint density at radius 2 is 1.79 bits per heavy atom. The number of nitrogens with one attached hydrogen (secondary N) is 2. The Kier molecular flexibility index (Phi) is 8.79. The minimum atomic E-state index is -1.35. The van der Waals surface area contributed by atoms with Gasteiger partial charge in [0.1, 0.15) is 18.1 Å². The van der Waals surface area contributed by atoms with Crippen LogP contribution in [0.4, 0.5) is 0 Å². The van der Waals surface area contributed by atoms with E-state index in [2.05, 4.69) is 10.6 Å². The molecule has 0 aromatic carbocycles. The van der Waals surface area contributed by atoms with Gasteiger partial charge in [-0.2, -0.15) is 0 Å². The Morgan fingerprint density at radius 3 is 2.32 bits per heavy atom. The molecule has 7 N–H and O–H groups in total. The van der Waals surface area contributed by atoms with Gasteiger partial charge in [-0.1, -0.05) is 0 Å². The lowest BCUT2D eigenvalue weighted by Gasteiger charge is -2.27. The summed E-state index contributed by atoms with van der Waals surface area (Å²) in [7, 11) is 0. The van der Waals surface area contributed by atoms with Gasteiger partial charge in [-0.3, -0.25) is 19.2 Å². The molecule has 1 aliphatic rings. The standard InChI is InChI=1S/C16H26N4O8/c1-8(18-14(25)9(17)4-5-12(22)23)13(24)19-10(7-21)15(26)20-6-2-3-11(20)16(27)28/h8-11,21H,2-7,17H2,1H3,(H,18,25)(H,19,24)(H,22,23)(H,27,28). The molecule has 0 bridgehead atoms. The third-order valence-corrected chi connectivity index (χ3v) is 4.38. The first kappa shape index (κ1) is 23.3. The van der Waals surface area contributed by atoms with Gasteiger partial charge >= 0.3 is 11.9 Å². The predicted molar refractivity (Wildman–Crippen MR) is 93.8 cm³/mol. The predicted octanol–water partition coefficient (Wildman–Crippen LogP) is -2.76. The molecule has 0 spiro atoms. The lowest BCUT2D eigenvalue weighted by Crippen LogP contribution is -2.57. The lowest BCUT2D eigenvalue weighted by molar-refractivity contribution is -0.150.